The Morgan fingerprint density at radius 1 is 0.947 bits per heavy atom. The van der Waals surface area contributed by atoms with Crippen LogP contribution in [-0.4, -0.2) is 14.8 Å². The summed E-state index contributed by atoms with van der Waals surface area (Å²) < 4.78 is 0. The smallest absolute Gasteiger partial charge is 0.0993 e. The Kier molecular flexibility index (Phi) is 5.03. The van der Waals surface area contributed by atoms with Crippen LogP contribution in [0.15, 0.2) is 11.8 Å². The molecule has 1 atom stereocenters. The van der Waals surface area contributed by atoms with Crippen LogP contribution in [0.1, 0.15) is 52.4 Å². The van der Waals surface area contributed by atoms with Crippen LogP contribution in [0.4, 0.5) is 0 Å². The summed E-state index contributed by atoms with van der Waals surface area (Å²) in [6.45, 7) is 13.3. The van der Waals surface area contributed by atoms with Gasteiger partial charge in [-0.25, -0.2) is 0 Å². The lowest BCUT2D eigenvalue weighted by Gasteiger charge is -2.45. The minimum absolute atomic E-state index is 0.818. The minimum Gasteiger partial charge on any atom is -0.0993 e. The van der Waals surface area contributed by atoms with Gasteiger partial charge in [0.2, 0.25) is 0 Å². The summed E-state index contributed by atoms with van der Waals surface area (Å²) >= 11 is 0. The number of hydrogen-bond acceptors (Lipinski definition) is 0. The van der Waals surface area contributed by atoms with Gasteiger partial charge in [-0.2, -0.15) is 0 Å². The molecule has 0 radical (unpaired) electrons. The molecule has 0 aliphatic carbocycles. The summed E-state index contributed by atoms with van der Waals surface area (Å²) in [6, 6.07) is 0. The lowest BCUT2D eigenvalue weighted by Crippen LogP contribution is -2.39. The highest BCUT2D eigenvalue weighted by atomic mass is 28.3. The first-order chi connectivity index (χ1) is 8.88. The van der Waals surface area contributed by atoms with E-state index in [0.717, 1.165) is 30.1 Å². The molecule has 0 aromatic rings. The molecule has 0 N–H and O–H groups in total. The summed E-state index contributed by atoms with van der Waals surface area (Å²) in [5, 5.41) is 0. The van der Waals surface area contributed by atoms with Gasteiger partial charge in [-0.1, -0.05) is 95.4 Å². The third-order valence-corrected chi connectivity index (χ3v) is 6.61. The van der Waals surface area contributed by atoms with Crippen molar-refractivity contribution in [3.8, 4) is 0 Å². The largest absolute Gasteiger partial charge is 0.154 e. The molecule has 2 heteroatoms. The summed E-state index contributed by atoms with van der Waals surface area (Å²) in [4.78, 5) is 0. The molecule has 2 aliphatic rings. The van der Waals surface area contributed by atoms with E-state index >= 15 is 0 Å². The van der Waals surface area contributed by atoms with E-state index in [1.807, 2.05) is 0 Å². The second-order valence-corrected chi connectivity index (χ2v) is 13.6. The molecule has 2 saturated heterocycles. The van der Waals surface area contributed by atoms with Crippen LogP contribution in [-0.2, 0) is 0 Å². The van der Waals surface area contributed by atoms with Crippen LogP contribution in [0.5, 0.6) is 0 Å². The number of hydrogen-bond donors (Lipinski definition) is 0. The quantitative estimate of drug-likeness (QED) is 0.548. The Morgan fingerprint density at radius 2 is 1.42 bits per heavy atom. The van der Waals surface area contributed by atoms with E-state index < -0.39 is 8.07 Å². The molecule has 2 fully saturated rings. The predicted octanol–water partition coefficient (Wildman–Crippen LogP) is 6.05. The monoisotopic (exact) mass is 276 g/mol. The normalized spacial score (nSPS) is 30.1. The van der Waals surface area contributed by atoms with E-state index in [9.17, 15) is 0 Å². The Bertz CT molecular complexity index is 294. The van der Waals surface area contributed by atoms with Crippen molar-refractivity contribution < 1.29 is 0 Å². The molecular formula is C17H33BSi. The van der Waals surface area contributed by atoms with Crippen molar-refractivity contribution in [2.45, 2.75) is 89.5 Å². The fourth-order valence-corrected chi connectivity index (χ4v) is 5.35. The molecule has 0 nitrogen and oxygen atoms in total. The number of allylic oxidation sites excluding steroid dienone is 1. The van der Waals surface area contributed by atoms with Crippen molar-refractivity contribution >= 4 is 14.8 Å². The van der Waals surface area contributed by atoms with Crippen LogP contribution < -0.4 is 0 Å². The van der Waals surface area contributed by atoms with Gasteiger partial charge in [0, 0.05) is 0 Å². The van der Waals surface area contributed by atoms with Gasteiger partial charge in [0.15, 0.2) is 6.71 Å². The second-order valence-electron chi connectivity index (χ2n) is 8.51. The average Bonchev–Trinajstić information content (AvgIpc) is 2.26. The Hall–Kier alpha value is 0.0218. The van der Waals surface area contributed by atoms with E-state index in [-0.39, 0.29) is 0 Å². The van der Waals surface area contributed by atoms with Gasteiger partial charge in [0.1, 0.15) is 0 Å². The number of fused-ring (bicyclic) bond motifs is 2. The fourth-order valence-electron chi connectivity index (χ4n) is 4.55. The van der Waals surface area contributed by atoms with E-state index in [1.165, 1.54) is 38.5 Å². The standard InChI is InChI=1S/C17H33BSi/c1-14(2)17(12-13-19(3,4)5)18-15-8-6-9-16(18)11-7-10-15/h12-17H,6-11H2,1-5H3/b13-12+/t15?,16?,17-/m0/s1. The summed E-state index contributed by atoms with van der Waals surface area (Å²) in [6.07, 6.45) is 11.7. The van der Waals surface area contributed by atoms with Gasteiger partial charge >= 0.3 is 0 Å². The highest BCUT2D eigenvalue weighted by Gasteiger charge is 2.43. The molecule has 2 aliphatic heterocycles. The van der Waals surface area contributed by atoms with Crippen molar-refractivity contribution in [1.29, 1.82) is 0 Å². The molecule has 19 heavy (non-hydrogen) atoms. The molecule has 2 bridgehead atoms. The van der Waals surface area contributed by atoms with Crippen molar-refractivity contribution in [3.63, 3.8) is 0 Å². The van der Waals surface area contributed by atoms with Crippen LogP contribution in [0.3, 0.4) is 0 Å². The Morgan fingerprint density at radius 3 is 1.79 bits per heavy atom. The summed E-state index contributed by atoms with van der Waals surface area (Å²) in [7, 11) is -1.05. The van der Waals surface area contributed by atoms with Crippen molar-refractivity contribution in [1.82, 2.24) is 0 Å². The molecule has 0 spiro atoms. The highest BCUT2D eigenvalue weighted by Crippen LogP contribution is 2.52. The van der Waals surface area contributed by atoms with Gasteiger partial charge in [-0.05, 0) is 11.7 Å². The van der Waals surface area contributed by atoms with Gasteiger partial charge in [-0.15, -0.1) is 0 Å². The predicted molar refractivity (Wildman–Crippen MR) is 92.0 cm³/mol. The van der Waals surface area contributed by atoms with E-state index in [0.29, 0.717) is 0 Å². The minimum atomic E-state index is -1.05. The molecule has 2 rings (SSSR count). The van der Waals surface area contributed by atoms with E-state index in [1.54, 1.807) is 0 Å². The molecule has 0 aromatic heterocycles. The lowest BCUT2D eigenvalue weighted by atomic mass is 9.21. The van der Waals surface area contributed by atoms with Gasteiger partial charge < -0.3 is 0 Å². The molecule has 2 heterocycles. The highest BCUT2D eigenvalue weighted by molar-refractivity contribution is 6.81. The fraction of sp³-hybridized carbons (Fsp3) is 0.882. The summed E-state index contributed by atoms with van der Waals surface area (Å²) in [5.41, 5.74) is 2.61. The molecular weight excluding hydrogens is 243 g/mol. The topological polar surface area (TPSA) is 0 Å². The Balaban J connectivity index is 2.16. The zero-order valence-electron chi connectivity index (χ0n) is 13.8. The number of rotatable bonds is 4. The maximum atomic E-state index is 2.65. The molecule has 0 amide bonds. The molecule has 0 saturated carbocycles. The first-order valence-electron chi connectivity index (χ1n) is 8.58. The third-order valence-electron chi connectivity index (χ3n) is 5.42. The van der Waals surface area contributed by atoms with Crippen molar-refractivity contribution in [2.75, 3.05) is 0 Å². The SMILES string of the molecule is CC(C)[C@H](/C=C/[Si](C)(C)C)B1C2CCCC1CCC2. The molecule has 108 valence electrons. The van der Waals surface area contributed by atoms with Gasteiger partial charge in [0.05, 0.1) is 8.07 Å². The van der Waals surface area contributed by atoms with Crippen molar-refractivity contribution in [3.05, 3.63) is 11.8 Å². The first kappa shape index (κ1) is 15.4. The zero-order valence-corrected chi connectivity index (χ0v) is 14.8. The first-order valence-corrected chi connectivity index (χ1v) is 12.2. The Labute approximate surface area is 122 Å². The van der Waals surface area contributed by atoms with Gasteiger partial charge in [0.25, 0.3) is 0 Å². The molecule has 0 aromatic carbocycles. The van der Waals surface area contributed by atoms with E-state index in [4.69, 9.17) is 0 Å². The molecule has 0 unspecified atom stereocenters. The van der Waals surface area contributed by atoms with Crippen LogP contribution in [0.2, 0.25) is 37.1 Å². The average molecular weight is 276 g/mol. The van der Waals surface area contributed by atoms with Crippen LogP contribution >= 0.6 is 0 Å². The zero-order chi connectivity index (χ0) is 14.0. The van der Waals surface area contributed by atoms with Crippen LogP contribution in [0.25, 0.3) is 0 Å². The maximum absolute atomic E-state index is 2.65. The maximum Gasteiger partial charge on any atom is 0.154 e. The van der Waals surface area contributed by atoms with Crippen LogP contribution in [0, 0.1) is 5.92 Å². The third kappa shape index (κ3) is 4.00. The lowest BCUT2D eigenvalue weighted by molar-refractivity contribution is 0.429. The summed E-state index contributed by atoms with van der Waals surface area (Å²) in [5.74, 6) is 3.76. The van der Waals surface area contributed by atoms with E-state index in [2.05, 4.69) is 45.3 Å². The van der Waals surface area contributed by atoms with Crippen molar-refractivity contribution in [2.24, 2.45) is 5.92 Å². The van der Waals surface area contributed by atoms with Gasteiger partial charge in [-0.3, -0.25) is 0 Å². The second kappa shape index (κ2) is 6.20.